The van der Waals surface area contributed by atoms with Gasteiger partial charge in [0.05, 0.1) is 29.4 Å². The van der Waals surface area contributed by atoms with Gasteiger partial charge in [0.1, 0.15) is 18.5 Å². The Morgan fingerprint density at radius 1 is 1.35 bits per heavy atom. The molecule has 0 saturated carbocycles. The Morgan fingerprint density at radius 2 is 2.14 bits per heavy atom. The van der Waals surface area contributed by atoms with Crippen molar-refractivity contribution in [1.29, 1.82) is 0 Å². The molecule has 1 aromatic carbocycles. The molecule has 11 heteroatoms. The third-order valence-electron chi connectivity index (χ3n) is 6.46. The number of methoxy groups -OCH3 is 1. The summed E-state index contributed by atoms with van der Waals surface area (Å²) in [6.07, 6.45) is 2.76. The summed E-state index contributed by atoms with van der Waals surface area (Å²) in [5, 5.41) is 23.3. The zero-order chi connectivity index (χ0) is 26.9. The Kier molecular flexibility index (Phi) is 11.2. The highest BCUT2D eigenvalue weighted by Crippen LogP contribution is 2.37. The van der Waals surface area contributed by atoms with E-state index in [1.54, 1.807) is 17.0 Å². The standard InChI is InChI=1S/C26H35IN2O8/c1-3-5-23(32)29(14-18-6-4-9-36-18)20-12-17(26(34)28-7-8-30)13-21(24(20)33)37-25-19(27)10-16(15-31)11-22(25)35-2/h10-11,13,15,18,20-21,24,30,33H,3-9,12,14H2,1-2H3,(H,28,34)/t18-,20+,21-,24-/m0/s1. The fourth-order valence-electron chi connectivity index (χ4n) is 4.63. The molecule has 10 nitrogen and oxygen atoms in total. The van der Waals surface area contributed by atoms with Crippen molar-refractivity contribution in [3.8, 4) is 11.5 Å². The molecule has 204 valence electrons. The fraction of sp³-hybridized carbons (Fsp3) is 0.577. The predicted octanol–water partition coefficient (Wildman–Crippen LogP) is 1.84. The van der Waals surface area contributed by atoms with Crippen LogP contribution in [-0.4, -0.2) is 91.0 Å². The SMILES string of the molecule is CCCC(=O)N(C[C@@H]1CCCO1)[C@@H]1CC(C(=O)NCCO)=C[C@H](Oc2c(I)cc(C=O)cc2OC)[C@H]1O. The van der Waals surface area contributed by atoms with Gasteiger partial charge >= 0.3 is 0 Å². The first kappa shape index (κ1) is 29.3. The van der Waals surface area contributed by atoms with Crippen LogP contribution in [0.25, 0.3) is 0 Å². The summed E-state index contributed by atoms with van der Waals surface area (Å²) in [5.74, 6) is 0.0921. The lowest BCUT2D eigenvalue weighted by Crippen LogP contribution is -2.56. The van der Waals surface area contributed by atoms with E-state index in [9.17, 15) is 19.5 Å². The van der Waals surface area contributed by atoms with E-state index < -0.39 is 24.2 Å². The zero-order valence-corrected chi connectivity index (χ0v) is 23.3. The Morgan fingerprint density at radius 3 is 2.76 bits per heavy atom. The second kappa shape index (κ2) is 14.1. The number of ether oxygens (including phenoxy) is 3. The van der Waals surface area contributed by atoms with Crippen molar-refractivity contribution < 1.29 is 38.8 Å². The number of amides is 2. The monoisotopic (exact) mass is 630 g/mol. The number of aldehydes is 1. The Balaban J connectivity index is 1.98. The van der Waals surface area contributed by atoms with E-state index >= 15 is 0 Å². The maximum Gasteiger partial charge on any atom is 0.247 e. The summed E-state index contributed by atoms with van der Waals surface area (Å²) >= 11 is 2.02. The van der Waals surface area contributed by atoms with Gasteiger partial charge in [-0.1, -0.05) is 6.92 Å². The highest BCUT2D eigenvalue weighted by Gasteiger charge is 2.41. The molecule has 0 bridgehead atoms. The number of hydrogen-bond acceptors (Lipinski definition) is 8. The van der Waals surface area contributed by atoms with Crippen molar-refractivity contribution in [3.63, 3.8) is 0 Å². The smallest absolute Gasteiger partial charge is 0.247 e. The van der Waals surface area contributed by atoms with Crippen LogP contribution in [0.15, 0.2) is 23.8 Å². The van der Waals surface area contributed by atoms with E-state index in [0.717, 1.165) is 12.8 Å². The van der Waals surface area contributed by atoms with Crippen molar-refractivity contribution >= 4 is 40.7 Å². The summed E-state index contributed by atoms with van der Waals surface area (Å²) in [6.45, 7) is 2.71. The second-order valence-corrected chi connectivity index (χ2v) is 10.3. The number of carbonyl (C=O) groups is 3. The van der Waals surface area contributed by atoms with Crippen LogP contribution in [0.5, 0.6) is 11.5 Å². The number of benzene rings is 1. The molecule has 0 spiro atoms. The second-order valence-electron chi connectivity index (χ2n) is 9.10. The van der Waals surface area contributed by atoms with Crippen molar-refractivity contribution in [1.82, 2.24) is 10.2 Å². The van der Waals surface area contributed by atoms with Gasteiger partial charge in [0.15, 0.2) is 11.5 Å². The van der Waals surface area contributed by atoms with Crippen molar-refractivity contribution in [2.24, 2.45) is 0 Å². The number of carbonyl (C=O) groups excluding carboxylic acids is 3. The van der Waals surface area contributed by atoms with E-state index in [4.69, 9.17) is 19.3 Å². The minimum atomic E-state index is -1.15. The average Bonchev–Trinajstić information content (AvgIpc) is 3.41. The van der Waals surface area contributed by atoms with E-state index in [0.29, 0.717) is 58.5 Å². The summed E-state index contributed by atoms with van der Waals surface area (Å²) in [6, 6.07) is 2.43. The van der Waals surface area contributed by atoms with Gasteiger partial charge < -0.3 is 34.6 Å². The summed E-state index contributed by atoms with van der Waals surface area (Å²) in [4.78, 5) is 39.1. The van der Waals surface area contributed by atoms with Crippen LogP contribution in [0.3, 0.4) is 0 Å². The van der Waals surface area contributed by atoms with Gasteiger partial charge in [0.2, 0.25) is 11.8 Å². The number of nitrogens with zero attached hydrogens (tertiary/aromatic N) is 1. The van der Waals surface area contributed by atoms with Crippen LogP contribution < -0.4 is 14.8 Å². The van der Waals surface area contributed by atoms with Crippen LogP contribution in [0.4, 0.5) is 0 Å². The van der Waals surface area contributed by atoms with Gasteiger partial charge in [-0.3, -0.25) is 14.4 Å². The summed E-state index contributed by atoms with van der Waals surface area (Å²) in [5.41, 5.74) is 0.747. The third kappa shape index (κ3) is 7.43. The van der Waals surface area contributed by atoms with Crippen molar-refractivity contribution in [2.45, 2.75) is 63.4 Å². The average molecular weight is 630 g/mol. The highest BCUT2D eigenvalue weighted by atomic mass is 127. The van der Waals surface area contributed by atoms with E-state index in [1.807, 2.05) is 29.5 Å². The number of aliphatic hydroxyl groups is 2. The molecule has 1 aliphatic heterocycles. The van der Waals surface area contributed by atoms with Gasteiger partial charge in [-0.2, -0.15) is 0 Å². The molecule has 1 aliphatic carbocycles. The lowest BCUT2D eigenvalue weighted by molar-refractivity contribution is -0.140. The number of rotatable bonds is 12. The fourth-order valence-corrected chi connectivity index (χ4v) is 5.38. The maximum atomic E-state index is 13.2. The van der Waals surface area contributed by atoms with E-state index in [-0.39, 0.29) is 31.6 Å². The highest BCUT2D eigenvalue weighted by molar-refractivity contribution is 14.1. The Bertz CT molecular complexity index is 995. The molecule has 1 fully saturated rings. The van der Waals surface area contributed by atoms with Gasteiger partial charge in [0, 0.05) is 43.7 Å². The first-order chi connectivity index (χ1) is 17.8. The van der Waals surface area contributed by atoms with Crippen LogP contribution in [0, 0.1) is 3.57 Å². The van der Waals surface area contributed by atoms with Gasteiger partial charge in [0.25, 0.3) is 0 Å². The summed E-state index contributed by atoms with van der Waals surface area (Å²) < 4.78 is 18.0. The first-order valence-electron chi connectivity index (χ1n) is 12.5. The van der Waals surface area contributed by atoms with Crippen LogP contribution in [0.1, 0.15) is 49.4 Å². The van der Waals surface area contributed by atoms with Crippen LogP contribution in [0.2, 0.25) is 0 Å². The molecule has 3 rings (SSSR count). The molecule has 0 unspecified atom stereocenters. The van der Waals surface area contributed by atoms with Crippen LogP contribution in [-0.2, 0) is 14.3 Å². The number of hydrogen-bond donors (Lipinski definition) is 3. The topological polar surface area (TPSA) is 135 Å². The normalized spacial score (nSPS) is 23.2. The Hall–Kier alpha value is -2.22. The molecule has 0 radical (unpaired) electrons. The zero-order valence-electron chi connectivity index (χ0n) is 21.2. The number of nitrogens with one attached hydrogen (secondary N) is 1. The van der Waals surface area contributed by atoms with Gasteiger partial charge in [-0.25, -0.2) is 0 Å². The molecular weight excluding hydrogens is 595 g/mol. The molecule has 1 heterocycles. The maximum absolute atomic E-state index is 13.2. The molecule has 0 aromatic heterocycles. The molecular formula is C26H35IN2O8. The van der Waals surface area contributed by atoms with Crippen LogP contribution >= 0.6 is 22.6 Å². The van der Waals surface area contributed by atoms with E-state index in [2.05, 4.69) is 5.32 Å². The van der Waals surface area contributed by atoms with E-state index in [1.165, 1.54) is 13.2 Å². The minimum Gasteiger partial charge on any atom is -0.493 e. The number of aliphatic hydroxyl groups excluding tert-OH is 2. The Labute approximate surface area is 230 Å². The molecule has 4 atom stereocenters. The first-order valence-corrected chi connectivity index (χ1v) is 13.6. The van der Waals surface area contributed by atoms with Crippen molar-refractivity contribution in [3.05, 3.63) is 32.9 Å². The predicted molar refractivity (Wildman–Crippen MR) is 144 cm³/mol. The molecule has 1 aromatic rings. The third-order valence-corrected chi connectivity index (χ3v) is 7.27. The largest absolute Gasteiger partial charge is 0.493 e. The minimum absolute atomic E-state index is 0.0716. The quantitative estimate of drug-likeness (QED) is 0.236. The van der Waals surface area contributed by atoms with Gasteiger partial charge in [-0.15, -0.1) is 0 Å². The molecule has 3 N–H and O–H groups in total. The molecule has 37 heavy (non-hydrogen) atoms. The lowest BCUT2D eigenvalue weighted by atomic mass is 9.87. The number of halogens is 1. The van der Waals surface area contributed by atoms with Gasteiger partial charge in [-0.05, 0) is 60.1 Å². The van der Waals surface area contributed by atoms with Crippen molar-refractivity contribution in [2.75, 3.05) is 33.4 Å². The molecule has 1 saturated heterocycles. The lowest BCUT2D eigenvalue weighted by Gasteiger charge is -2.41. The molecule has 2 aliphatic rings. The summed E-state index contributed by atoms with van der Waals surface area (Å²) in [7, 11) is 1.45. The molecule has 2 amide bonds.